The van der Waals surface area contributed by atoms with Gasteiger partial charge < -0.3 is 10.2 Å². The van der Waals surface area contributed by atoms with Gasteiger partial charge in [0.15, 0.2) is 0 Å². The number of aliphatic hydroxyl groups is 2. The van der Waals surface area contributed by atoms with Gasteiger partial charge in [0.25, 0.3) is 0 Å². The first-order valence-electron chi connectivity index (χ1n) is 9.25. The monoisotopic (exact) mass is 360 g/mol. The van der Waals surface area contributed by atoms with Gasteiger partial charge in [0.05, 0.1) is 12.5 Å². The molecule has 142 valence electrons. The third kappa shape index (κ3) is 11.5. The van der Waals surface area contributed by atoms with E-state index in [0.717, 1.165) is 0 Å². The standard InChI is InChI=1S/C21H30NO4/c22-26-21(25)17-9-16-20(24)14-7-2-1-6-13-19(23)15-8-12-18-10-4-3-5-11-18/h1-2,6,13,18-20,23-24H,3-5,9-11,15-17H2,22H3/q+1. The Morgan fingerprint density at radius 3 is 2.73 bits per heavy atom. The Morgan fingerprint density at radius 2 is 2.00 bits per heavy atom. The Balaban J connectivity index is 2.19. The minimum Gasteiger partial charge on any atom is -0.388 e. The van der Waals surface area contributed by atoms with Gasteiger partial charge >= 0.3 is 5.97 Å². The molecule has 0 spiro atoms. The number of quaternary nitrogens is 1. The Hall–Kier alpha value is -2.05. The molecule has 26 heavy (non-hydrogen) atoms. The van der Waals surface area contributed by atoms with Gasteiger partial charge in [-0.05, 0) is 31.8 Å². The van der Waals surface area contributed by atoms with Gasteiger partial charge in [-0.3, -0.25) is 4.84 Å². The number of hydrogen-bond acceptors (Lipinski definition) is 4. The van der Waals surface area contributed by atoms with E-state index in [1.54, 1.807) is 24.3 Å². The van der Waals surface area contributed by atoms with Gasteiger partial charge in [0, 0.05) is 12.3 Å². The molecule has 1 aliphatic carbocycles. The number of rotatable bonds is 7. The zero-order valence-electron chi connectivity index (χ0n) is 15.3. The molecule has 0 aromatic heterocycles. The van der Waals surface area contributed by atoms with Crippen LogP contribution in [0.25, 0.3) is 0 Å². The largest absolute Gasteiger partial charge is 0.388 e. The maximum atomic E-state index is 10.9. The summed E-state index contributed by atoms with van der Waals surface area (Å²) < 4.78 is 0. The molecule has 0 amide bonds. The van der Waals surface area contributed by atoms with Crippen molar-refractivity contribution in [3.8, 4) is 23.7 Å². The lowest BCUT2D eigenvalue weighted by molar-refractivity contribution is -0.657. The van der Waals surface area contributed by atoms with Crippen molar-refractivity contribution in [1.29, 1.82) is 0 Å². The molecule has 0 aromatic carbocycles. The molecule has 2 atom stereocenters. The highest BCUT2D eigenvalue weighted by Crippen LogP contribution is 2.22. The smallest absolute Gasteiger partial charge is 0.366 e. The second-order valence-corrected chi connectivity index (χ2v) is 6.38. The Labute approximate surface area is 156 Å². The summed E-state index contributed by atoms with van der Waals surface area (Å²) in [5.41, 5.74) is 0. The van der Waals surface area contributed by atoms with Gasteiger partial charge in [-0.1, -0.05) is 61.2 Å². The van der Waals surface area contributed by atoms with E-state index in [9.17, 15) is 15.0 Å². The second kappa shape index (κ2) is 14.2. The molecule has 0 aromatic rings. The molecule has 0 saturated heterocycles. The minimum atomic E-state index is -0.776. The van der Waals surface area contributed by atoms with Crippen LogP contribution in [0, 0.1) is 29.6 Å². The van der Waals surface area contributed by atoms with Crippen molar-refractivity contribution >= 4 is 5.97 Å². The summed E-state index contributed by atoms with van der Waals surface area (Å²) in [7, 11) is 0. The number of carbonyl (C=O) groups is 1. The van der Waals surface area contributed by atoms with E-state index < -0.39 is 18.2 Å². The molecule has 5 N–H and O–H groups in total. The van der Waals surface area contributed by atoms with Crippen LogP contribution in [0.1, 0.15) is 57.8 Å². The fraction of sp³-hybridized carbons (Fsp3) is 0.571. The molecule has 0 heterocycles. The van der Waals surface area contributed by atoms with Crippen LogP contribution in [-0.4, -0.2) is 28.4 Å². The molecule has 1 saturated carbocycles. The highest BCUT2D eigenvalue weighted by atomic mass is 16.7. The van der Waals surface area contributed by atoms with Crippen molar-refractivity contribution in [2.45, 2.75) is 70.0 Å². The quantitative estimate of drug-likeness (QED) is 0.366. The maximum Gasteiger partial charge on any atom is 0.366 e. The predicted octanol–water partition coefficient (Wildman–Crippen LogP) is 1.67. The van der Waals surface area contributed by atoms with E-state index in [1.165, 1.54) is 32.1 Å². The zero-order chi connectivity index (χ0) is 19.0. The van der Waals surface area contributed by atoms with E-state index in [2.05, 4.69) is 34.4 Å². The number of hydrogen-bond donors (Lipinski definition) is 3. The van der Waals surface area contributed by atoms with Crippen LogP contribution >= 0.6 is 0 Å². The normalized spacial score (nSPS) is 17.2. The summed E-state index contributed by atoms with van der Waals surface area (Å²) in [6.45, 7) is 0. The van der Waals surface area contributed by atoms with Gasteiger partial charge in [0.1, 0.15) is 6.10 Å². The van der Waals surface area contributed by atoms with Crippen molar-refractivity contribution < 1.29 is 25.7 Å². The molecule has 1 aliphatic rings. The van der Waals surface area contributed by atoms with Gasteiger partial charge in [-0.2, -0.15) is 5.90 Å². The average molecular weight is 360 g/mol. The van der Waals surface area contributed by atoms with E-state index >= 15 is 0 Å². The third-order valence-electron chi connectivity index (χ3n) is 4.12. The van der Waals surface area contributed by atoms with Crippen molar-refractivity contribution in [3.63, 3.8) is 0 Å². The molecular weight excluding hydrogens is 330 g/mol. The third-order valence-corrected chi connectivity index (χ3v) is 4.12. The highest BCUT2D eigenvalue weighted by molar-refractivity contribution is 5.68. The average Bonchev–Trinajstić information content (AvgIpc) is 2.65. The SMILES string of the molecule is [NH3+]OC(=O)CCCC(O)C#CC=CC=CC(O)CC#CC1CCCCC1. The first-order valence-corrected chi connectivity index (χ1v) is 9.25. The van der Waals surface area contributed by atoms with Crippen LogP contribution in [0.5, 0.6) is 0 Å². The molecular formula is C21H30NO4+. The van der Waals surface area contributed by atoms with Gasteiger partial charge in [-0.25, -0.2) is 4.79 Å². The van der Waals surface area contributed by atoms with Crippen molar-refractivity contribution in [2.75, 3.05) is 0 Å². The zero-order valence-corrected chi connectivity index (χ0v) is 15.3. The van der Waals surface area contributed by atoms with E-state index in [1.807, 2.05) is 0 Å². The number of carbonyl (C=O) groups excluding carboxylic acids is 1. The second-order valence-electron chi connectivity index (χ2n) is 6.38. The van der Waals surface area contributed by atoms with Crippen LogP contribution < -0.4 is 5.90 Å². The molecule has 5 nitrogen and oxygen atoms in total. The topological polar surface area (TPSA) is 94.4 Å². The number of allylic oxidation sites excluding steroid dienone is 3. The molecule has 1 rings (SSSR count). The summed E-state index contributed by atoms with van der Waals surface area (Å²) in [6, 6.07) is 0. The van der Waals surface area contributed by atoms with Crippen molar-refractivity contribution in [2.24, 2.45) is 5.92 Å². The summed E-state index contributed by atoms with van der Waals surface area (Å²) in [5.74, 6) is 14.9. The Morgan fingerprint density at radius 1 is 1.23 bits per heavy atom. The fourth-order valence-electron chi connectivity index (χ4n) is 2.65. The molecule has 0 bridgehead atoms. The molecule has 0 aliphatic heterocycles. The summed E-state index contributed by atoms with van der Waals surface area (Å²) in [4.78, 5) is 15.2. The first-order chi connectivity index (χ1) is 12.6. The minimum absolute atomic E-state index is 0.225. The maximum absolute atomic E-state index is 10.9. The van der Waals surface area contributed by atoms with E-state index in [4.69, 9.17) is 0 Å². The van der Waals surface area contributed by atoms with Crippen LogP contribution in [0.4, 0.5) is 0 Å². The van der Waals surface area contributed by atoms with Crippen molar-refractivity contribution in [3.05, 3.63) is 24.3 Å². The highest BCUT2D eigenvalue weighted by Gasteiger charge is 2.09. The van der Waals surface area contributed by atoms with E-state index in [-0.39, 0.29) is 6.42 Å². The van der Waals surface area contributed by atoms with Crippen LogP contribution in [0.2, 0.25) is 0 Å². The van der Waals surface area contributed by atoms with Gasteiger partial charge in [-0.15, -0.1) is 0 Å². The van der Waals surface area contributed by atoms with E-state index in [0.29, 0.717) is 25.2 Å². The Kier molecular flexibility index (Phi) is 12.0. The van der Waals surface area contributed by atoms with Crippen molar-refractivity contribution in [1.82, 2.24) is 0 Å². The molecule has 2 unspecified atom stereocenters. The van der Waals surface area contributed by atoms with Gasteiger partial charge in [0.2, 0.25) is 0 Å². The lowest BCUT2D eigenvalue weighted by atomic mass is 9.90. The summed E-state index contributed by atoms with van der Waals surface area (Å²) in [5, 5.41) is 19.5. The summed E-state index contributed by atoms with van der Waals surface area (Å²) >= 11 is 0. The summed E-state index contributed by atoms with van der Waals surface area (Å²) in [6.07, 6.45) is 13.2. The van der Waals surface area contributed by atoms with Crippen LogP contribution in [0.3, 0.4) is 0 Å². The lowest BCUT2D eigenvalue weighted by Crippen LogP contribution is -2.51. The fourth-order valence-corrected chi connectivity index (χ4v) is 2.65. The lowest BCUT2D eigenvalue weighted by Gasteiger charge is -2.15. The van der Waals surface area contributed by atoms with Crippen LogP contribution in [-0.2, 0) is 9.63 Å². The molecule has 1 fully saturated rings. The number of aliphatic hydroxyl groups excluding tert-OH is 2. The first kappa shape index (κ1) is 22.0. The van der Waals surface area contributed by atoms with Crippen LogP contribution in [0.15, 0.2) is 24.3 Å². The predicted molar refractivity (Wildman–Crippen MR) is 99.9 cm³/mol. The molecule has 5 heteroatoms. The Bertz CT molecular complexity index is 583. The molecule has 0 radical (unpaired) electrons.